The number of nitro benzene ring substituents is 1. The third-order valence-electron chi connectivity index (χ3n) is 4.88. The molecule has 0 N–H and O–H groups in total. The Morgan fingerprint density at radius 1 is 0.906 bits per heavy atom. The number of nitro groups is 1. The van der Waals surface area contributed by atoms with Crippen molar-refractivity contribution in [2.24, 2.45) is 0 Å². The molecule has 0 heterocycles. The first-order valence-electron chi connectivity index (χ1n) is 9.91. The Kier molecular flexibility index (Phi) is 7.10. The van der Waals surface area contributed by atoms with E-state index in [-0.39, 0.29) is 11.4 Å². The maximum absolute atomic E-state index is 14.7. The van der Waals surface area contributed by atoms with Crippen LogP contribution in [0, 0.1) is 15.9 Å². The molecular formula is C25H24FNO5. The van der Waals surface area contributed by atoms with E-state index in [1.165, 1.54) is 32.4 Å². The van der Waals surface area contributed by atoms with Crippen molar-refractivity contribution in [3.63, 3.8) is 0 Å². The zero-order valence-corrected chi connectivity index (χ0v) is 18.3. The first kappa shape index (κ1) is 22.8. The second-order valence-corrected chi connectivity index (χ2v) is 7.29. The van der Waals surface area contributed by atoms with Crippen LogP contribution in [0.2, 0.25) is 0 Å². The molecule has 0 saturated heterocycles. The molecule has 0 aliphatic carbocycles. The lowest BCUT2D eigenvalue weighted by Crippen LogP contribution is -1.98. The van der Waals surface area contributed by atoms with Gasteiger partial charge in [0.05, 0.1) is 19.1 Å². The molecule has 0 bridgehead atoms. The van der Waals surface area contributed by atoms with Crippen LogP contribution < -0.4 is 14.2 Å². The predicted octanol–water partition coefficient (Wildman–Crippen LogP) is 6.43. The summed E-state index contributed by atoms with van der Waals surface area (Å²) in [4.78, 5) is 10.5. The predicted molar refractivity (Wildman–Crippen MR) is 122 cm³/mol. The van der Waals surface area contributed by atoms with E-state index in [1.54, 1.807) is 36.4 Å². The molecule has 3 rings (SSSR count). The van der Waals surface area contributed by atoms with Crippen molar-refractivity contribution in [2.45, 2.75) is 13.8 Å². The minimum absolute atomic E-state index is 0.00123. The second kappa shape index (κ2) is 9.96. The molecule has 32 heavy (non-hydrogen) atoms. The standard InChI is InChI=1S/C25H24FNO5/c1-16(2)11-12-32-23-10-7-18(13-22(23)26)21-15-24(30-3)20(14-25(21)31-4)17-5-8-19(9-6-17)27(28)29/h5-11,13-15H,12H2,1-4H3. The van der Waals surface area contributed by atoms with E-state index in [2.05, 4.69) is 0 Å². The highest BCUT2D eigenvalue weighted by Crippen LogP contribution is 2.41. The fraction of sp³-hybridized carbons (Fsp3) is 0.200. The molecular weight excluding hydrogens is 413 g/mol. The van der Waals surface area contributed by atoms with Crippen LogP contribution in [-0.2, 0) is 0 Å². The third kappa shape index (κ3) is 5.06. The largest absolute Gasteiger partial charge is 0.496 e. The molecule has 0 atom stereocenters. The van der Waals surface area contributed by atoms with E-state index >= 15 is 0 Å². The quantitative estimate of drug-likeness (QED) is 0.231. The Morgan fingerprint density at radius 3 is 1.97 bits per heavy atom. The summed E-state index contributed by atoms with van der Waals surface area (Å²) >= 11 is 0. The Bertz CT molecular complexity index is 1150. The van der Waals surface area contributed by atoms with Crippen LogP contribution in [0.15, 0.2) is 66.2 Å². The molecule has 0 amide bonds. The zero-order valence-electron chi connectivity index (χ0n) is 18.3. The third-order valence-corrected chi connectivity index (χ3v) is 4.88. The molecule has 0 spiro atoms. The lowest BCUT2D eigenvalue weighted by atomic mass is 9.97. The lowest BCUT2D eigenvalue weighted by Gasteiger charge is -2.16. The molecule has 3 aromatic rings. The van der Waals surface area contributed by atoms with E-state index in [0.717, 1.165) is 11.1 Å². The number of benzene rings is 3. The van der Waals surface area contributed by atoms with Gasteiger partial charge in [0.1, 0.15) is 18.1 Å². The highest BCUT2D eigenvalue weighted by atomic mass is 19.1. The van der Waals surface area contributed by atoms with Crippen molar-refractivity contribution in [2.75, 3.05) is 20.8 Å². The molecule has 0 fully saturated rings. The van der Waals surface area contributed by atoms with Gasteiger partial charge in [-0.3, -0.25) is 10.1 Å². The maximum atomic E-state index is 14.7. The van der Waals surface area contributed by atoms with E-state index in [9.17, 15) is 14.5 Å². The molecule has 6 nitrogen and oxygen atoms in total. The Balaban J connectivity index is 2.00. The van der Waals surface area contributed by atoms with Crippen molar-refractivity contribution in [3.8, 4) is 39.5 Å². The maximum Gasteiger partial charge on any atom is 0.269 e. The number of hydrogen-bond donors (Lipinski definition) is 0. The first-order chi connectivity index (χ1) is 15.3. The van der Waals surface area contributed by atoms with E-state index in [4.69, 9.17) is 14.2 Å². The van der Waals surface area contributed by atoms with Crippen LogP contribution in [0.1, 0.15) is 13.8 Å². The van der Waals surface area contributed by atoms with E-state index < -0.39 is 10.7 Å². The summed E-state index contributed by atoms with van der Waals surface area (Å²) in [6.07, 6.45) is 1.87. The number of hydrogen-bond acceptors (Lipinski definition) is 5. The minimum Gasteiger partial charge on any atom is -0.496 e. The SMILES string of the molecule is COc1cc(-c2ccc(OCC=C(C)C)c(F)c2)c(OC)cc1-c1ccc([N+](=O)[O-])cc1. The second-order valence-electron chi connectivity index (χ2n) is 7.29. The van der Waals surface area contributed by atoms with Crippen LogP contribution in [0.5, 0.6) is 17.2 Å². The smallest absolute Gasteiger partial charge is 0.269 e. The van der Waals surface area contributed by atoms with E-state index in [1.807, 2.05) is 19.9 Å². The lowest BCUT2D eigenvalue weighted by molar-refractivity contribution is -0.384. The van der Waals surface area contributed by atoms with Gasteiger partial charge < -0.3 is 14.2 Å². The van der Waals surface area contributed by atoms with Crippen molar-refractivity contribution in [1.29, 1.82) is 0 Å². The normalized spacial score (nSPS) is 10.4. The van der Waals surface area contributed by atoms with Crippen molar-refractivity contribution < 1.29 is 23.5 Å². The molecule has 166 valence electrons. The van der Waals surface area contributed by atoms with E-state index in [0.29, 0.717) is 34.8 Å². The number of ether oxygens (including phenoxy) is 3. The molecule has 0 radical (unpaired) electrons. The van der Waals surface area contributed by atoms with Gasteiger partial charge in [0, 0.05) is 23.3 Å². The average molecular weight is 437 g/mol. The highest BCUT2D eigenvalue weighted by molar-refractivity contribution is 5.81. The number of rotatable bonds is 8. The molecule has 0 aliphatic rings. The van der Waals surface area contributed by atoms with Crippen molar-refractivity contribution in [1.82, 2.24) is 0 Å². The number of methoxy groups -OCH3 is 2. The van der Waals surface area contributed by atoms with Crippen molar-refractivity contribution in [3.05, 3.63) is 82.2 Å². The van der Waals surface area contributed by atoms with Gasteiger partial charge in [-0.15, -0.1) is 0 Å². The number of halogens is 1. The molecule has 0 aliphatic heterocycles. The molecule has 0 unspecified atom stereocenters. The van der Waals surface area contributed by atoms with Crippen LogP contribution in [0.3, 0.4) is 0 Å². The van der Waals surface area contributed by atoms with Crippen LogP contribution >= 0.6 is 0 Å². The summed E-state index contributed by atoms with van der Waals surface area (Å²) in [6.45, 7) is 4.19. The summed E-state index contributed by atoms with van der Waals surface area (Å²) < 4.78 is 31.3. The molecule has 0 aromatic heterocycles. The van der Waals surface area contributed by atoms with Gasteiger partial charge in [0.25, 0.3) is 5.69 Å². The summed E-state index contributed by atoms with van der Waals surface area (Å²) in [7, 11) is 3.05. The van der Waals surface area contributed by atoms with Crippen LogP contribution in [0.4, 0.5) is 10.1 Å². The number of non-ortho nitro benzene ring substituents is 1. The zero-order chi connectivity index (χ0) is 23.3. The fourth-order valence-corrected chi connectivity index (χ4v) is 3.20. The summed E-state index contributed by atoms with van der Waals surface area (Å²) in [5.41, 5.74) is 3.76. The number of nitrogens with zero attached hydrogens (tertiary/aromatic N) is 1. The summed E-state index contributed by atoms with van der Waals surface area (Å²) in [6, 6.07) is 14.4. The van der Waals surface area contributed by atoms with Crippen LogP contribution in [0.25, 0.3) is 22.3 Å². The summed E-state index contributed by atoms with van der Waals surface area (Å²) in [5, 5.41) is 10.9. The van der Waals surface area contributed by atoms with Gasteiger partial charge in [-0.25, -0.2) is 4.39 Å². The Morgan fingerprint density at radius 2 is 1.47 bits per heavy atom. The minimum atomic E-state index is -0.481. The van der Waals surface area contributed by atoms with Gasteiger partial charge in [-0.05, 0) is 67.4 Å². The highest BCUT2D eigenvalue weighted by Gasteiger charge is 2.17. The van der Waals surface area contributed by atoms with Gasteiger partial charge in [-0.1, -0.05) is 11.6 Å². The fourth-order valence-electron chi connectivity index (χ4n) is 3.20. The van der Waals surface area contributed by atoms with Gasteiger partial charge in [0.2, 0.25) is 0 Å². The topological polar surface area (TPSA) is 70.8 Å². The Labute approximate surface area is 186 Å². The van der Waals surface area contributed by atoms with Crippen molar-refractivity contribution >= 4 is 5.69 Å². The first-order valence-corrected chi connectivity index (χ1v) is 9.91. The van der Waals surface area contributed by atoms with Gasteiger partial charge in [0.15, 0.2) is 11.6 Å². The molecule has 7 heteroatoms. The average Bonchev–Trinajstić information content (AvgIpc) is 2.79. The van der Waals surface area contributed by atoms with Gasteiger partial charge >= 0.3 is 0 Å². The van der Waals surface area contributed by atoms with Gasteiger partial charge in [-0.2, -0.15) is 0 Å². The Hall–Kier alpha value is -3.87. The molecule has 3 aromatic carbocycles. The van der Waals surface area contributed by atoms with Crippen LogP contribution in [-0.4, -0.2) is 25.7 Å². The number of allylic oxidation sites excluding steroid dienone is 1. The summed E-state index contributed by atoms with van der Waals surface area (Å²) in [5.74, 6) is 0.723. The monoisotopic (exact) mass is 437 g/mol. The molecule has 0 saturated carbocycles.